The molecule has 1 aliphatic carbocycles. The second kappa shape index (κ2) is 9.23. The lowest BCUT2D eigenvalue weighted by Gasteiger charge is -2.15. The molecule has 0 spiro atoms. The van der Waals surface area contributed by atoms with Gasteiger partial charge in [-0.05, 0) is 24.5 Å². The van der Waals surface area contributed by atoms with Gasteiger partial charge >= 0.3 is 0 Å². The highest BCUT2D eigenvalue weighted by molar-refractivity contribution is 5.77. The van der Waals surface area contributed by atoms with E-state index in [1.807, 2.05) is 48.5 Å². The largest absolute Gasteiger partial charge is 0.483 e. The van der Waals surface area contributed by atoms with Crippen LogP contribution in [0.15, 0.2) is 54.6 Å². The van der Waals surface area contributed by atoms with E-state index in [0.29, 0.717) is 12.6 Å². The summed E-state index contributed by atoms with van der Waals surface area (Å²) in [6.07, 6.45) is 5.14. The minimum absolute atomic E-state index is 0.0350. The first-order valence-corrected chi connectivity index (χ1v) is 9.06. The molecule has 4 nitrogen and oxygen atoms in total. The average molecular weight is 338 g/mol. The molecule has 1 aliphatic rings. The SMILES string of the molecule is O=C(COc1ccccc1CNC1CCCC1)NCc1ccccc1. The van der Waals surface area contributed by atoms with E-state index in [1.54, 1.807) is 0 Å². The zero-order valence-corrected chi connectivity index (χ0v) is 14.5. The topological polar surface area (TPSA) is 50.4 Å². The van der Waals surface area contributed by atoms with Gasteiger partial charge in [-0.1, -0.05) is 61.4 Å². The van der Waals surface area contributed by atoms with Crippen LogP contribution in [0.1, 0.15) is 36.8 Å². The van der Waals surface area contributed by atoms with E-state index in [2.05, 4.69) is 16.7 Å². The maximum absolute atomic E-state index is 12.0. The Balaban J connectivity index is 1.46. The van der Waals surface area contributed by atoms with Crippen molar-refractivity contribution in [1.82, 2.24) is 10.6 Å². The Hall–Kier alpha value is -2.33. The molecule has 0 aliphatic heterocycles. The zero-order chi connectivity index (χ0) is 17.3. The van der Waals surface area contributed by atoms with Gasteiger partial charge in [-0.3, -0.25) is 4.79 Å². The number of hydrogen-bond acceptors (Lipinski definition) is 3. The van der Waals surface area contributed by atoms with Crippen LogP contribution >= 0.6 is 0 Å². The first kappa shape index (κ1) is 17.5. The van der Waals surface area contributed by atoms with Crippen molar-refractivity contribution >= 4 is 5.91 Å². The van der Waals surface area contributed by atoms with Gasteiger partial charge in [-0.25, -0.2) is 0 Å². The molecule has 1 saturated carbocycles. The van der Waals surface area contributed by atoms with Crippen LogP contribution in [0.2, 0.25) is 0 Å². The number of carbonyl (C=O) groups excluding carboxylic acids is 1. The van der Waals surface area contributed by atoms with Gasteiger partial charge in [-0.2, -0.15) is 0 Å². The number of para-hydroxylation sites is 1. The lowest BCUT2D eigenvalue weighted by molar-refractivity contribution is -0.123. The summed E-state index contributed by atoms with van der Waals surface area (Å²) in [6, 6.07) is 18.4. The van der Waals surface area contributed by atoms with Gasteiger partial charge in [0.2, 0.25) is 0 Å². The van der Waals surface area contributed by atoms with Crippen LogP contribution < -0.4 is 15.4 Å². The summed E-state index contributed by atoms with van der Waals surface area (Å²) in [4.78, 5) is 12.0. The predicted molar refractivity (Wildman–Crippen MR) is 99.3 cm³/mol. The van der Waals surface area contributed by atoms with Gasteiger partial charge in [0, 0.05) is 24.7 Å². The summed E-state index contributed by atoms with van der Waals surface area (Å²) in [5, 5.41) is 6.48. The molecule has 2 aromatic carbocycles. The van der Waals surface area contributed by atoms with Gasteiger partial charge in [0.05, 0.1) is 0 Å². The molecule has 0 saturated heterocycles. The number of ether oxygens (including phenoxy) is 1. The van der Waals surface area contributed by atoms with Crippen molar-refractivity contribution in [2.24, 2.45) is 0 Å². The second-order valence-electron chi connectivity index (χ2n) is 6.52. The van der Waals surface area contributed by atoms with Crippen molar-refractivity contribution < 1.29 is 9.53 Å². The molecule has 2 N–H and O–H groups in total. The van der Waals surface area contributed by atoms with Crippen LogP contribution in [0.3, 0.4) is 0 Å². The minimum atomic E-state index is -0.109. The third-order valence-electron chi connectivity index (χ3n) is 4.60. The Labute approximate surface area is 149 Å². The third-order valence-corrected chi connectivity index (χ3v) is 4.60. The van der Waals surface area contributed by atoms with Crippen molar-refractivity contribution in [2.45, 2.75) is 44.8 Å². The predicted octanol–water partition coefficient (Wildman–Crippen LogP) is 3.41. The Bertz CT molecular complexity index is 667. The molecule has 0 aromatic heterocycles. The molecule has 0 radical (unpaired) electrons. The molecule has 0 atom stereocenters. The standard InChI is InChI=1S/C21H26N2O2/c24-21(23-14-17-8-2-1-3-9-17)16-25-20-13-7-4-10-18(20)15-22-19-11-5-6-12-19/h1-4,7-10,13,19,22H,5-6,11-12,14-16H2,(H,23,24). The van der Waals surface area contributed by atoms with E-state index < -0.39 is 0 Å². The van der Waals surface area contributed by atoms with E-state index >= 15 is 0 Å². The third kappa shape index (κ3) is 5.61. The van der Waals surface area contributed by atoms with E-state index in [1.165, 1.54) is 25.7 Å². The summed E-state index contributed by atoms with van der Waals surface area (Å²) in [5.74, 6) is 0.672. The number of amides is 1. The fraction of sp³-hybridized carbons (Fsp3) is 0.381. The first-order valence-electron chi connectivity index (χ1n) is 9.06. The van der Waals surface area contributed by atoms with Crippen molar-refractivity contribution in [1.29, 1.82) is 0 Å². The molecular formula is C21H26N2O2. The molecule has 0 unspecified atom stereocenters. The molecule has 4 heteroatoms. The molecule has 1 amide bonds. The van der Waals surface area contributed by atoms with Gasteiger partial charge < -0.3 is 15.4 Å². The van der Waals surface area contributed by atoms with Gasteiger partial charge in [0.1, 0.15) is 5.75 Å². The molecule has 0 bridgehead atoms. The Morgan fingerprint density at radius 2 is 1.68 bits per heavy atom. The highest BCUT2D eigenvalue weighted by Gasteiger charge is 2.15. The van der Waals surface area contributed by atoms with Gasteiger partial charge in [0.25, 0.3) is 5.91 Å². The molecule has 132 valence electrons. The van der Waals surface area contributed by atoms with E-state index in [-0.39, 0.29) is 12.5 Å². The maximum atomic E-state index is 12.0. The van der Waals surface area contributed by atoms with E-state index in [0.717, 1.165) is 23.4 Å². The summed E-state index contributed by atoms with van der Waals surface area (Å²) >= 11 is 0. The number of benzene rings is 2. The summed E-state index contributed by atoms with van der Waals surface area (Å²) < 4.78 is 5.75. The second-order valence-corrected chi connectivity index (χ2v) is 6.52. The van der Waals surface area contributed by atoms with Gasteiger partial charge in [-0.15, -0.1) is 0 Å². The molecule has 0 heterocycles. The van der Waals surface area contributed by atoms with Crippen LogP contribution in [0, 0.1) is 0 Å². The monoisotopic (exact) mass is 338 g/mol. The van der Waals surface area contributed by atoms with E-state index in [9.17, 15) is 4.79 Å². The fourth-order valence-corrected chi connectivity index (χ4v) is 3.17. The average Bonchev–Trinajstić information content (AvgIpc) is 3.18. The number of carbonyl (C=O) groups is 1. The van der Waals surface area contributed by atoms with Crippen LogP contribution in [0.5, 0.6) is 5.75 Å². The van der Waals surface area contributed by atoms with Gasteiger partial charge in [0.15, 0.2) is 6.61 Å². The number of hydrogen-bond donors (Lipinski definition) is 2. The zero-order valence-electron chi connectivity index (χ0n) is 14.5. The summed E-state index contributed by atoms with van der Waals surface area (Å²) in [7, 11) is 0. The van der Waals surface area contributed by atoms with Crippen molar-refractivity contribution in [3.63, 3.8) is 0 Å². The quantitative estimate of drug-likeness (QED) is 0.775. The van der Waals surface area contributed by atoms with Crippen LogP contribution in [0.25, 0.3) is 0 Å². The Kier molecular flexibility index (Phi) is 6.46. The van der Waals surface area contributed by atoms with Crippen molar-refractivity contribution in [2.75, 3.05) is 6.61 Å². The summed E-state index contributed by atoms with van der Waals surface area (Å²) in [6.45, 7) is 1.34. The highest BCUT2D eigenvalue weighted by atomic mass is 16.5. The lowest BCUT2D eigenvalue weighted by atomic mass is 10.1. The van der Waals surface area contributed by atoms with Crippen molar-refractivity contribution in [3.05, 3.63) is 65.7 Å². The number of rotatable bonds is 8. The molecule has 3 rings (SSSR count). The normalized spacial score (nSPS) is 14.4. The Morgan fingerprint density at radius 1 is 0.960 bits per heavy atom. The van der Waals surface area contributed by atoms with Crippen LogP contribution in [0.4, 0.5) is 0 Å². The fourth-order valence-electron chi connectivity index (χ4n) is 3.17. The van der Waals surface area contributed by atoms with Crippen molar-refractivity contribution in [3.8, 4) is 5.75 Å². The summed E-state index contributed by atoms with van der Waals surface area (Å²) in [5.41, 5.74) is 2.18. The first-order chi connectivity index (χ1) is 12.3. The molecule has 25 heavy (non-hydrogen) atoms. The Morgan fingerprint density at radius 3 is 2.48 bits per heavy atom. The molecular weight excluding hydrogens is 312 g/mol. The smallest absolute Gasteiger partial charge is 0.258 e. The van der Waals surface area contributed by atoms with Crippen LogP contribution in [-0.4, -0.2) is 18.6 Å². The number of nitrogens with one attached hydrogen (secondary N) is 2. The van der Waals surface area contributed by atoms with Crippen LogP contribution in [-0.2, 0) is 17.9 Å². The minimum Gasteiger partial charge on any atom is -0.483 e. The lowest BCUT2D eigenvalue weighted by Crippen LogP contribution is -2.29. The van der Waals surface area contributed by atoms with E-state index in [4.69, 9.17) is 4.74 Å². The molecule has 1 fully saturated rings. The molecule has 2 aromatic rings. The highest BCUT2D eigenvalue weighted by Crippen LogP contribution is 2.21. The maximum Gasteiger partial charge on any atom is 0.258 e.